The fourth-order valence-corrected chi connectivity index (χ4v) is 4.50. The topological polar surface area (TPSA) is 71.9 Å². The molecule has 1 aliphatic carbocycles. The van der Waals surface area contributed by atoms with Crippen LogP contribution in [0, 0.1) is 5.41 Å². The maximum atomic E-state index is 12.4. The lowest BCUT2D eigenvalue weighted by molar-refractivity contribution is 0.0497. The van der Waals surface area contributed by atoms with E-state index >= 15 is 0 Å². The first-order chi connectivity index (χ1) is 17.2. The fraction of sp³-hybridized carbons (Fsp3) is 0.733. The summed E-state index contributed by atoms with van der Waals surface area (Å²) in [6.07, 6.45) is 20.9. The van der Waals surface area contributed by atoms with Gasteiger partial charge in [0.15, 0.2) is 0 Å². The van der Waals surface area contributed by atoms with Crippen molar-refractivity contribution in [1.82, 2.24) is 0 Å². The Morgan fingerprint density at radius 1 is 0.771 bits per heavy atom. The summed E-state index contributed by atoms with van der Waals surface area (Å²) in [5.74, 6) is -0.308. The molecule has 0 amide bonds. The van der Waals surface area contributed by atoms with E-state index in [0.717, 1.165) is 25.7 Å². The van der Waals surface area contributed by atoms with E-state index in [-0.39, 0.29) is 11.9 Å². The molecule has 2 atom stereocenters. The molecule has 35 heavy (non-hydrogen) atoms. The van der Waals surface area contributed by atoms with Gasteiger partial charge in [-0.1, -0.05) is 103 Å². The molecule has 1 aromatic carbocycles. The fourth-order valence-electron chi connectivity index (χ4n) is 4.50. The molecular weight excluding hydrogens is 438 g/mol. The summed E-state index contributed by atoms with van der Waals surface area (Å²) < 4.78 is 16.3. The molecule has 5 heteroatoms. The summed E-state index contributed by atoms with van der Waals surface area (Å²) in [6, 6.07) is 7.08. The molecule has 5 nitrogen and oxygen atoms in total. The van der Waals surface area contributed by atoms with Gasteiger partial charge in [-0.2, -0.15) is 0 Å². The van der Waals surface area contributed by atoms with Crippen molar-refractivity contribution in [3.8, 4) is 0 Å². The van der Waals surface area contributed by atoms with E-state index in [1.807, 2.05) is 6.07 Å². The lowest BCUT2D eigenvalue weighted by atomic mass is 10.0. The maximum Gasteiger partial charge on any atom is 0.338 e. The van der Waals surface area contributed by atoms with E-state index in [4.69, 9.17) is 19.6 Å². The van der Waals surface area contributed by atoms with E-state index in [2.05, 4.69) is 13.8 Å². The Hall–Kier alpha value is -1.88. The number of ether oxygens (including phenoxy) is 3. The minimum atomic E-state index is -0.364. The van der Waals surface area contributed by atoms with Crippen molar-refractivity contribution < 1.29 is 19.0 Å². The van der Waals surface area contributed by atoms with Crippen LogP contribution in [0.5, 0.6) is 0 Å². The van der Waals surface area contributed by atoms with Crippen LogP contribution in [0.1, 0.15) is 133 Å². The third kappa shape index (κ3) is 12.6. The predicted molar refractivity (Wildman–Crippen MR) is 143 cm³/mol. The number of nitrogens with one attached hydrogen (secondary N) is 1. The van der Waals surface area contributed by atoms with Gasteiger partial charge in [-0.25, -0.2) is 4.79 Å². The van der Waals surface area contributed by atoms with Crippen LogP contribution >= 0.6 is 0 Å². The van der Waals surface area contributed by atoms with Crippen molar-refractivity contribution >= 4 is 11.9 Å². The molecule has 2 fully saturated rings. The second kappa shape index (κ2) is 18.4. The number of carbonyl (C=O) groups excluding carboxylic acids is 1. The van der Waals surface area contributed by atoms with E-state index < -0.39 is 0 Å². The van der Waals surface area contributed by atoms with Crippen LogP contribution in [-0.4, -0.2) is 37.3 Å². The number of epoxide rings is 1. The van der Waals surface area contributed by atoms with Gasteiger partial charge in [0.1, 0.15) is 0 Å². The Labute approximate surface area is 213 Å². The van der Waals surface area contributed by atoms with Crippen LogP contribution in [0.15, 0.2) is 24.3 Å². The molecule has 1 aliphatic heterocycles. The zero-order valence-electron chi connectivity index (χ0n) is 22.3. The number of fused-ring (bicyclic) bond motifs is 1. The normalized spacial score (nSPS) is 18.1. The molecule has 0 aromatic heterocycles. The van der Waals surface area contributed by atoms with Gasteiger partial charge < -0.3 is 14.2 Å². The number of benzene rings is 1. The van der Waals surface area contributed by atoms with Crippen molar-refractivity contribution in [2.45, 2.75) is 129 Å². The first-order valence-electron chi connectivity index (χ1n) is 14.3. The van der Waals surface area contributed by atoms with Crippen molar-refractivity contribution in [2.24, 2.45) is 0 Å². The van der Waals surface area contributed by atoms with Crippen LogP contribution in [0.2, 0.25) is 0 Å². The molecule has 0 spiro atoms. The van der Waals surface area contributed by atoms with Crippen LogP contribution in [0.4, 0.5) is 0 Å². The summed E-state index contributed by atoms with van der Waals surface area (Å²) in [5.41, 5.74) is 0.933. The molecule has 1 heterocycles. The molecule has 3 rings (SSSR count). The molecule has 1 aromatic rings. The van der Waals surface area contributed by atoms with Gasteiger partial charge in [-0.3, -0.25) is 5.41 Å². The monoisotopic (exact) mass is 487 g/mol. The van der Waals surface area contributed by atoms with Crippen LogP contribution < -0.4 is 0 Å². The van der Waals surface area contributed by atoms with Gasteiger partial charge in [0.25, 0.3) is 0 Å². The Kier molecular flexibility index (Phi) is 15.4. The first-order valence-corrected chi connectivity index (χ1v) is 14.3. The minimum absolute atomic E-state index is 0.0562. The lowest BCUT2D eigenvalue weighted by Gasteiger charge is -2.12. The summed E-state index contributed by atoms with van der Waals surface area (Å²) in [7, 11) is 0. The molecule has 198 valence electrons. The van der Waals surface area contributed by atoms with Crippen molar-refractivity contribution in [2.75, 3.05) is 13.2 Å². The number of hydrogen-bond donors (Lipinski definition) is 1. The largest absolute Gasteiger partial charge is 0.478 e. The third-order valence-electron chi connectivity index (χ3n) is 6.78. The van der Waals surface area contributed by atoms with E-state index in [1.165, 1.54) is 77.0 Å². The molecule has 0 radical (unpaired) electrons. The first kappa shape index (κ1) is 29.4. The number of unbranched alkanes of at least 4 members (excludes halogenated alkanes) is 10. The second-order valence-corrected chi connectivity index (χ2v) is 9.89. The number of carbonyl (C=O) groups is 1. The zero-order valence-corrected chi connectivity index (χ0v) is 22.3. The Morgan fingerprint density at radius 3 is 1.80 bits per heavy atom. The van der Waals surface area contributed by atoms with E-state index in [1.54, 1.807) is 18.2 Å². The average molecular weight is 488 g/mol. The molecule has 1 saturated heterocycles. The smallest absolute Gasteiger partial charge is 0.338 e. The predicted octanol–water partition coefficient (Wildman–Crippen LogP) is 8.23. The Balaban J connectivity index is 0.000000514. The highest BCUT2D eigenvalue weighted by Gasteiger charge is 2.39. The number of hydrogen-bond acceptors (Lipinski definition) is 5. The lowest BCUT2D eigenvalue weighted by Crippen LogP contribution is -2.15. The average Bonchev–Trinajstić information content (AvgIpc) is 3.68. The van der Waals surface area contributed by atoms with Crippen LogP contribution in [-0.2, 0) is 14.2 Å². The van der Waals surface area contributed by atoms with Gasteiger partial charge in [-0.15, -0.1) is 0 Å². The second-order valence-electron chi connectivity index (χ2n) is 9.89. The maximum absolute atomic E-state index is 12.4. The molecule has 2 aliphatic rings. The molecule has 2 unspecified atom stereocenters. The van der Waals surface area contributed by atoms with Gasteiger partial charge in [0, 0.05) is 0 Å². The van der Waals surface area contributed by atoms with E-state index in [9.17, 15) is 4.79 Å². The highest BCUT2D eigenvalue weighted by Crippen LogP contribution is 2.35. The quantitative estimate of drug-likeness (QED) is 0.0838. The Bertz CT molecular complexity index is 661. The number of rotatable bonds is 16. The summed E-state index contributed by atoms with van der Waals surface area (Å²) in [4.78, 5) is 12.4. The van der Waals surface area contributed by atoms with Crippen LogP contribution in [0.3, 0.4) is 0 Å². The zero-order chi connectivity index (χ0) is 25.1. The summed E-state index contributed by atoms with van der Waals surface area (Å²) >= 11 is 0. The minimum Gasteiger partial charge on any atom is -0.478 e. The van der Waals surface area contributed by atoms with Gasteiger partial charge in [0.2, 0.25) is 5.90 Å². The summed E-state index contributed by atoms with van der Waals surface area (Å²) in [6.45, 7) is 5.37. The van der Waals surface area contributed by atoms with Crippen molar-refractivity contribution in [1.29, 1.82) is 5.41 Å². The summed E-state index contributed by atoms with van der Waals surface area (Å²) in [5, 5.41) is 8.19. The molecular formula is C30H49NO4. The Morgan fingerprint density at radius 2 is 1.26 bits per heavy atom. The number of esters is 1. The van der Waals surface area contributed by atoms with Gasteiger partial charge in [0.05, 0.1) is 36.5 Å². The molecule has 1 saturated carbocycles. The van der Waals surface area contributed by atoms with Gasteiger partial charge >= 0.3 is 5.97 Å². The van der Waals surface area contributed by atoms with Gasteiger partial charge in [-0.05, 0) is 37.8 Å². The SMILES string of the molecule is C1CCC2OC2C1.CCCCCCCCOC(=N)c1ccccc1C(=O)OCCCCCCCC. The molecule has 0 bridgehead atoms. The highest BCUT2D eigenvalue weighted by molar-refractivity contribution is 6.04. The van der Waals surface area contributed by atoms with E-state index in [0.29, 0.717) is 36.5 Å². The molecule has 1 N–H and O–H groups in total. The third-order valence-corrected chi connectivity index (χ3v) is 6.78. The van der Waals surface area contributed by atoms with Crippen LogP contribution in [0.25, 0.3) is 0 Å². The standard InChI is InChI=1S/C24H39NO3.C6H10O/c1-3-5-7-9-11-15-19-27-23(25)21-17-13-14-18-22(21)24(26)28-20-16-12-10-8-6-4-2;1-2-4-6-5(3-1)7-6/h13-14,17-18,25H,3-12,15-16,19-20H2,1-2H3;5-6H,1-4H2. The van der Waals surface area contributed by atoms with Crippen molar-refractivity contribution in [3.05, 3.63) is 35.4 Å². The van der Waals surface area contributed by atoms with Crippen molar-refractivity contribution in [3.63, 3.8) is 0 Å². The highest BCUT2D eigenvalue weighted by atomic mass is 16.6.